The Kier molecular flexibility index (Phi) is 6.08. The molecule has 1 aromatic rings. The number of benzene rings is 1. The zero-order valence-corrected chi connectivity index (χ0v) is 16.5. The van der Waals surface area contributed by atoms with Gasteiger partial charge in [0.2, 0.25) is 10.0 Å². The molecule has 1 N–H and O–H groups in total. The van der Waals surface area contributed by atoms with Crippen molar-refractivity contribution >= 4 is 33.5 Å². The number of likely N-dealkylation sites (tertiary alicyclic amines) is 1. The summed E-state index contributed by atoms with van der Waals surface area (Å²) in [5.41, 5.74) is 0.253. The molecule has 7 nitrogen and oxygen atoms in total. The lowest BCUT2D eigenvalue weighted by molar-refractivity contribution is -0.143. The molecule has 2 heterocycles. The van der Waals surface area contributed by atoms with Gasteiger partial charge in [-0.05, 0) is 43.9 Å². The molecule has 0 saturated carbocycles. The fourth-order valence-electron chi connectivity index (χ4n) is 3.59. The van der Waals surface area contributed by atoms with Crippen molar-refractivity contribution in [3.05, 3.63) is 28.8 Å². The zero-order chi connectivity index (χ0) is 19.6. The molecule has 3 rings (SSSR count). The van der Waals surface area contributed by atoms with Crippen LogP contribution in [0.5, 0.6) is 0 Å². The monoisotopic (exact) mass is 414 g/mol. The molecule has 0 radical (unpaired) electrons. The van der Waals surface area contributed by atoms with Crippen LogP contribution in [0, 0.1) is 5.92 Å². The molecule has 9 heteroatoms. The highest BCUT2D eigenvalue weighted by Gasteiger charge is 2.31. The smallest absolute Gasteiger partial charge is 0.306 e. The summed E-state index contributed by atoms with van der Waals surface area (Å²) in [5.74, 6) is -1.58. The number of sulfonamides is 1. The third kappa shape index (κ3) is 4.28. The molecule has 0 atom stereocenters. The van der Waals surface area contributed by atoms with Gasteiger partial charge in [0, 0.05) is 31.7 Å². The van der Waals surface area contributed by atoms with Gasteiger partial charge in [-0.25, -0.2) is 8.42 Å². The van der Waals surface area contributed by atoms with Crippen molar-refractivity contribution in [3.8, 4) is 0 Å². The van der Waals surface area contributed by atoms with Gasteiger partial charge < -0.3 is 10.0 Å². The average molecular weight is 415 g/mol. The van der Waals surface area contributed by atoms with E-state index in [4.69, 9.17) is 16.7 Å². The zero-order valence-electron chi connectivity index (χ0n) is 14.9. The number of halogens is 1. The van der Waals surface area contributed by atoms with Crippen molar-refractivity contribution in [2.24, 2.45) is 5.92 Å². The van der Waals surface area contributed by atoms with Gasteiger partial charge in [0.15, 0.2) is 0 Å². The maximum atomic E-state index is 12.9. The van der Waals surface area contributed by atoms with Crippen LogP contribution in [-0.4, -0.2) is 60.8 Å². The largest absolute Gasteiger partial charge is 0.481 e. The fraction of sp³-hybridized carbons (Fsp3) is 0.556. The molecule has 0 bridgehead atoms. The van der Waals surface area contributed by atoms with Crippen LogP contribution in [0.3, 0.4) is 0 Å². The maximum absolute atomic E-state index is 12.9. The number of nitrogens with zero attached hydrogens (tertiary/aromatic N) is 2. The van der Waals surface area contributed by atoms with Crippen LogP contribution in [0.1, 0.15) is 42.5 Å². The molecule has 0 unspecified atom stereocenters. The van der Waals surface area contributed by atoms with Crippen LogP contribution >= 0.6 is 11.6 Å². The Bertz CT molecular complexity index is 828. The lowest BCUT2D eigenvalue weighted by atomic mass is 9.96. The minimum absolute atomic E-state index is 0.0441. The Hall–Kier alpha value is -1.64. The van der Waals surface area contributed by atoms with Gasteiger partial charge in [0.25, 0.3) is 5.91 Å². The Morgan fingerprint density at radius 1 is 1.04 bits per heavy atom. The molecule has 148 valence electrons. The molecule has 0 spiro atoms. The van der Waals surface area contributed by atoms with Crippen LogP contribution in [0.15, 0.2) is 23.1 Å². The number of carboxylic acids is 1. The summed E-state index contributed by atoms with van der Waals surface area (Å²) in [5, 5.41) is 9.17. The number of carboxylic acid groups (broad SMARTS) is 1. The van der Waals surface area contributed by atoms with Gasteiger partial charge >= 0.3 is 5.97 Å². The molecule has 27 heavy (non-hydrogen) atoms. The van der Waals surface area contributed by atoms with E-state index in [2.05, 4.69) is 0 Å². The Morgan fingerprint density at radius 2 is 1.67 bits per heavy atom. The average Bonchev–Trinajstić information content (AvgIpc) is 2.68. The molecule has 2 aliphatic heterocycles. The highest BCUT2D eigenvalue weighted by Crippen LogP contribution is 2.29. The van der Waals surface area contributed by atoms with Gasteiger partial charge in [-0.3, -0.25) is 9.59 Å². The van der Waals surface area contributed by atoms with Gasteiger partial charge in [-0.2, -0.15) is 4.31 Å². The molecule has 2 aliphatic rings. The second-order valence-corrected chi connectivity index (χ2v) is 9.33. The summed E-state index contributed by atoms with van der Waals surface area (Å²) < 4.78 is 27.3. The minimum atomic E-state index is -3.75. The molecular formula is C18H23ClN2O5S. The lowest BCUT2D eigenvalue weighted by Gasteiger charge is -2.30. The molecule has 2 fully saturated rings. The predicted molar refractivity (Wildman–Crippen MR) is 100 cm³/mol. The van der Waals surface area contributed by atoms with Crippen LogP contribution in [-0.2, 0) is 14.8 Å². The van der Waals surface area contributed by atoms with Crippen LogP contribution in [0.2, 0.25) is 5.02 Å². The molecule has 0 aromatic heterocycles. The van der Waals surface area contributed by atoms with E-state index in [-0.39, 0.29) is 21.4 Å². The molecule has 0 aliphatic carbocycles. The van der Waals surface area contributed by atoms with Crippen molar-refractivity contribution in [3.63, 3.8) is 0 Å². The number of carbonyl (C=O) groups excluding carboxylic acids is 1. The Balaban J connectivity index is 1.81. The normalized spacial score (nSPS) is 19.8. The maximum Gasteiger partial charge on any atom is 0.306 e. The van der Waals surface area contributed by atoms with Crippen LogP contribution in [0.25, 0.3) is 0 Å². The number of carbonyl (C=O) groups is 2. The van der Waals surface area contributed by atoms with Crippen molar-refractivity contribution in [1.82, 2.24) is 9.21 Å². The van der Waals surface area contributed by atoms with E-state index in [0.717, 1.165) is 19.3 Å². The highest BCUT2D eigenvalue weighted by atomic mass is 35.5. The standard InChI is InChI=1S/C18H23ClN2O5S/c19-15-5-4-14(17(22)20-10-6-13(7-11-20)18(23)24)12-16(15)27(25,26)21-8-2-1-3-9-21/h4-5,12-13H,1-3,6-11H2,(H,23,24). The molecule has 1 aromatic carbocycles. The van der Waals surface area contributed by atoms with Crippen molar-refractivity contribution in [1.29, 1.82) is 0 Å². The number of hydrogen-bond donors (Lipinski definition) is 1. The van der Waals surface area contributed by atoms with Crippen molar-refractivity contribution < 1.29 is 23.1 Å². The quantitative estimate of drug-likeness (QED) is 0.816. The first kappa shape index (κ1) is 20.1. The van der Waals surface area contributed by atoms with Crippen LogP contribution < -0.4 is 0 Å². The summed E-state index contributed by atoms with van der Waals surface area (Å²) in [6, 6.07) is 4.30. The Morgan fingerprint density at radius 3 is 2.26 bits per heavy atom. The van der Waals surface area contributed by atoms with E-state index in [0.29, 0.717) is 39.0 Å². The van der Waals surface area contributed by atoms with E-state index < -0.39 is 21.9 Å². The number of amides is 1. The van der Waals surface area contributed by atoms with E-state index in [1.165, 1.54) is 22.5 Å². The van der Waals surface area contributed by atoms with Gasteiger partial charge in [0.05, 0.1) is 10.9 Å². The molecule has 2 saturated heterocycles. The van der Waals surface area contributed by atoms with Gasteiger partial charge in [0.1, 0.15) is 4.90 Å². The first-order chi connectivity index (χ1) is 12.8. The van der Waals surface area contributed by atoms with Crippen molar-refractivity contribution in [2.45, 2.75) is 37.0 Å². The summed E-state index contributed by atoms with van der Waals surface area (Å²) in [6.45, 7) is 1.60. The SMILES string of the molecule is O=C(O)C1CCN(C(=O)c2ccc(Cl)c(S(=O)(=O)N3CCCCC3)c2)CC1. The fourth-order valence-corrected chi connectivity index (χ4v) is 5.61. The van der Waals surface area contributed by atoms with E-state index in [9.17, 15) is 18.0 Å². The first-order valence-corrected chi connectivity index (χ1v) is 10.9. The third-order valence-corrected chi connectivity index (χ3v) is 7.62. The second kappa shape index (κ2) is 8.16. The third-order valence-electron chi connectivity index (χ3n) is 5.24. The van der Waals surface area contributed by atoms with Gasteiger partial charge in [-0.15, -0.1) is 0 Å². The van der Waals surface area contributed by atoms with Gasteiger partial charge in [-0.1, -0.05) is 18.0 Å². The summed E-state index contributed by atoms with van der Waals surface area (Å²) in [4.78, 5) is 25.3. The highest BCUT2D eigenvalue weighted by molar-refractivity contribution is 7.89. The lowest BCUT2D eigenvalue weighted by Crippen LogP contribution is -2.40. The predicted octanol–water partition coefficient (Wildman–Crippen LogP) is 2.45. The summed E-state index contributed by atoms with van der Waals surface area (Å²) in [6.07, 6.45) is 3.42. The topological polar surface area (TPSA) is 95.0 Å². The number of piperidine rings is 2. The van der Waals surface area contributed by atoms with Crippen molar-refractivity contribution in [2.75, 3.05) is 26.2 Å². The number of aliphatic carboxylic acids is 1. The van der Waals surface area contributed by atoms with E-state index in [1.807, 2.05) is 0 Å². The van der Waals surface area contributed by atoms with E-state index >= 15 is 0 Å². The summed E-state index contributed by atoms with van der Waals surface area (Å²) in [7, 11) is -3.75. The van der Waals surface area contributed by atoms with E-state index in [1.54, 1.807) is 4.90 Å². The second-order valence-electron chi connectivity index (χ2n) is 7.01. The van der Waals surface area contributed by atoms with Crippen LogP contribution in [0.4, 0.5) is 0 Å². The molecule has 1 amide bonds. The number of rotatable bonds is 4. The summed E-state index contributed by atoms with van der Waals surface area (Å²) >= 11 is 6.15. The first-order valence-electron chi connectivity index (χ1n) is 9.12. The molecular weight excluding hydrogens is 392 g/mol. The Labute approximate surface area is 164 Å². The number of hydrogen-bond acceptors (Lipinski definition) is 4. The minimum Gasteiger partial charge on any atom is -0.481 e.